The van der Waals surface area contributed by atoms with Gasteiger partial charge in [-0.25, -0.2) is 8.42 Å². The van der Waals surface area contributed by atoms with Gasteiger partial charge in [0.1, 0.15) is 0 Å². The molecular formula is C22H28N2O3S2. The molecule has 0 aliphatic rings. The monoisotopic (exact) mass is 432 g/mol. The van der Waals surface area contributed by atoms with Crippen molar-refractivity contribution in [1.82, 2.24) is 9.62 Å². The highest BCUT2D eigenvalue weighted by molar-refractivity contribution is 7.99. The van der Waals surface area contributed by atoms with Crippen LogP contribution in [0.25, 0.3) is 6.08 Å². The molecule has 0 saturated carbocycles. The summed E-state index contributed by atoms with van der Waals surface area (Å²) in [5, 5.41) is 2.85. The smallest absolute Gasteiger partial charge is 0.244 e. The lowest BCUT2D eigenvalue weighted by Gasteiger charge is -2.18. The van der Waals surface area contributed by atoms with Crippen LogP contribution < -0.4 is 5.32 Å². The molecule has 0 unspecified atom stereocenters. The van der Waals surface area contributed by atoms with Gasteiger partial charge in [0, 0.05) is 36.4 Å². The van der Waals surface area contributed by atoms with E-state index in [-0.39, 0.29) is 10.8 Å². The van der Waals surface area contributed by atoms with Crippen molar-refractivity contribution in [2.45, 2.75) is 30.6 Å². The Labute approximate surface area is 178 Å². The Morgan fingerprint density at radius 1 is 1.03 bits per heavy atom. The number of hydrogen-bond donors (Lipinski definition) is 1. The minimum absolute atomic E-state index is 0.172. The fourth-order valence-corrected chi connectivity index (χ4v) is 4.90. The van der Waals surface area contributed by atoms with Gasteiger partial charge in [-0.1, -0.05) is 43.7 Å². The van der Waals surface area contributed by atoms with Gasteiger partial charge in [-0.15, -0.1) is 11.8 Å². The summed E-state index contributed by atoms with van der Waals surface area (Å²) in [4.78, 5) is 13.4. The zero-order valence-electron chi connectivity index (χ0n) is 17.1. The summed E-state index contributed by atoms with van der Waals surface area (Å²) in [5.74, 6) is 0.620. The number of hydrogen-bond acceptors (Lipinski definition) is 4. The Balaban J connectivity index is 1.83. The van der Waals surface area contributed by atoms with Crippen molar-refractivity contribution in [3.05, 3.63) is 65.7 Å². The molecule has 0 spiro atoms. The van der Waals surface area contributed by atoms with Gasteiger partial charge < -0.3 is 5.32 Å². The zero-order chi connectivity index (χ0) is 21.3. The molecule has 0 aliphatic carbocycles. The number of sulfonamides is 1. The van der Waals surface area contributed by atoms with Gasteiger partial charge in [0.15, 0.2) is 0 Å². The SMILES string of the molecule is CCN(CC)S(=O)(=O)c1ccc(C=CC(=O)NCCSc2ccc(C)cc2)cc1. The normalized spacial score (nSPS) is 11.9. The summed E-state index contributed by atoms with van der Waals surface area (Å²) in [6.45, 7) is 7.12. The van der Waals surface area contributed by atoms with Gasteiger partial charge in [0.2, 0.25) is 15.9 Å². The maximum atomic E-state index is 12.5. The van der Waals surface area contributed by atoms with E-state index in [9.17, 15) is 13.2 Å². The Bertz CT molecular complexity index is 918. The van der Waals surface area contributed by atoms with Gasteiger partial charge in [0.25, 0.3) is 0 Å². The van der Waals surface area contributed by atoms with Gasteiger partial charge in [-0.05, 0) is 42.8 Å². The molecule has 1 N–H and O–H groups in total. The summed E-state index contributed by atoms with van der Waals surface area (Å²) < 4.78 is 26.4. The standard InChI is InChI=1S/C22H28N2O3S2/c1-4-24(5-2)29(26,27)21-13-8-19(9-14-21)10-15-22(25)23-16-17-28-20-11-6-18(3)7-12-20/h6-15H,4-5,16-17H2,1-3H3,(H,23,25). The van der Waals surface area contributed by atoms with Crippen LogP contribution in [0.2, 0.25) is 0 Å². The highest BCUT2D eigenvalue weighted by Gasteiger charge is 2.20. The predicted molar refractivity (Wildman–Crippen MR) is 120 cm³/mol. The van der Waals surface area contributed by atoms with E-state index in [0.29, 0.717) is 19.6 Å². The van der Waals surface area contributed by atoms with E-state index >= 15 is 0 Å². The van der Waals surface area contributed by atoms with Crippen molar-refractivity contribution < 1.29 is 13.2 Å². The Hall–Kier alpha value is -2.09. The number of amides is 1. The number of carbonyl (C=O) groups is 1. The lowest BCUT2D eigenvalue weighted by Crippen LogP contribution is -2.30. The third-order valence-corrected chi connectivity index (χ3v) is 7.42. The second kappa shape index (κ2) is 11.2. The molecule has 0 saturated heterocycles. The molecule has 0 bridgehead atoms. The van der Waals surface area contributed by atoms with Crippen molar-refractivity contribution in [2.24, 2.45) is 0 Å². The summed E-state index contributed by atoms with van der Waals surface area (Å²) in [6.07, 6.45) is 3.14. The van der Waals surface area contributed by atoms with Crippen molar-refractivity contribution in [3.63, 3.8) is 0 Å². The first-order valence-corrected chi connectivity index (χ1v) is 12.0. The third-order valence-electron chi connectivity index (χ3n) is 4.34. The van der Waals surface area contributed by atoms with Crippen LogP contribution in [-0.4, -0.2) is 44.0 Å². The summed E-state index contributed by atoms with van der Waals surface area (Å²) in [7, 11) is -3.46. The van der Waals surface area contributed by atoms with Crippen LogP contribution in [0, 0.1) is 6.92 Å². The minimum Gasteiger partial charge on any atom is -0.352 e. The van der Waals surface area contributed by atoms with Gasteiger partial charge >= 0.3 is 0 Å². The largest absolute Gasteiger partial charge is 0.352 e. The van der Waals surface area contributed by atoms with Crippen LogP contribution in [0.3, 0.4) is 0 Å². The van der Waals surface area contributed by atoms with Crippen LogP contribution in [0.4, 0.5) is 0 Å². The van der Waals surface area contributed by atoms with E-state index in [1.54, 1.807) is 42.1 Å². The highest BCUT2D eigenvalue weighted by atomic mass is 32.2. The van der Waals surface area contributed by atoms with Crippen LogP contribution in [0.15, 0.2) is 64.4 Å². The first-order valence-electron chi connectivity index (χ1n) is 9.62. The Morgan fingerprint density at radius 3 is 2.24 bits per heavy atom. The molecular weight excluding hydrogens is 404 g/mol. The highest BCUT2D eigenvalue weighted by Crippen LogP contribution is 2.18. The lowest BCUT2D eigenvalue weighted by molar-refractivity contribution is -0.116. The van der Waals surface area contributed by atoms with E-state index in [2.05, 4.69) is 36.5 Å². The first kappa shape index (κ1) is 23.2. The number of aryl methyl sites for hydroxylation is 1. The topological polar surface area (TPSA) is 66.5 Å². The molecule has 2 rings (SSSR count). The number of carbonyl (C=O) groups excluding carboxylic acids is 1. The van der Waals surface area contributed by atoms with Crippen LogP contribution in [0.1, 0.15) is 25.0 Å². The second-order valence-electron chi connectivity index (χ2n) is 6.44. The fourth-order valence-electron chi connectivity index (χ4n) is 2.67. The number of thioether (sulfide) groups is 1. The number of nitrogens with zero attached hydrogens (tertiary/aromatic N) is 1. The molecule has 5 nitrogen and oxygen atoms in total. The average Bonchev–Trinajstić information content (AvgIpc) is 2.72. The third kappa shape index (κ3) is 7.03. The molecule has 0 aliphatic heterocycles. The first-order chi connectivity index (χ1) is 13.9. The molecule has 0 radical (unpaired) electrons. The summed E-state index contributed by atoms with van der Waals surface area (Å²) in [6, 6.07) is 14.8. The second-order valence-corrected chi connectivity index (χ2v) is 9.55. The van der Waals surface area contributed by atoms with Crippen LogP contribution >= 0.6 is 11.8 Å². The molecule has 7 heteroatoms. The number of rotatable bonds is 10. The maximum absolute atomic E-state index is 12.5. The molecule has 0 heterocycles. The molecule has 1 amide bonds. The number of nitrogens with one attached hydrogen (secondary N) is 1. The molecule has 2 aromatic carbocycles. The Morgan fingerprint density at radius 2 is 1.66 bits per heavy atom. The lowest BCUT2D eigenvalue weighted by atomic mass is 10.2. The maximum Gasteiger partial charge on any atom is 0.244 e. The average molecular weight is 433 g/mol. The van der Waals surface area contributed by atoms with E-state index in [0.717, 1.165) is 11.3 Å². The molecule has 0 atom stereocenters. The quantitative estimate of drug-likeness (QED) is 0.351. The molecule has 2 aromatic rings. The summed E-state index contributed by atoms with van der Waals surface area (Å²) in [5.41, 5.74) is 2.00. The van der Waals surface area contributed by atoms with Crippen molar-refractivity contribution in [3.8, 4) is 0 Å². The van der Waals surface area contributed by atoms with E-state index < -0.39 is 10.0 Å². The van der Waals surface area contributed by atoms with E-state index in [1.165, 1.54) is 20.8 Å². The van der Waals surface area contributed by atoms with Gasteiger partial charge in [0.05, 0.1) is 4.90 Å². The number of benzene rings is 2. The van der Waals surface area contributed by atoms with Crippen LogP contribution in [0.5, 0.6) is 0 Å². The molecule has 29 heavy (non-hydrogen) atoms. The van der Waals surface area contributed by atoms with Gasteiger partial charge in [-0.2, -0.15) is 4.31 Å². The molecule has 156 valence electrons. The fraction of sp³-hybridized carbons (Fsp3) is 0.318. The van der Waals surface area contributed by atoms with E-state index in [1.807, 2.05) is 13.8 Å². The zero-order valence-corrected chi connectivity index (χ0v) is 18.7. The minimum atomic E-state index is -3.46. The van der Waals surface area contributed by atoms with Crippen molar-refractivity contribution in [2.75, 3.05) is 25.4 Å². The van der Waals surface area contributed by atoms with E-state index in [4.69, 9.17) is 0 Å². The van der Waals surface area contributed by atoms with Gasteiger partial charge in [-0.3, -0.25) is 4.79 Å². The molecule has 0 fully saturated rings. The summed E-state index contributed by atoms with van der Waals surface area (Å²) >= 11 is 1.70. The van der Waals surface area contributed by atoms with Crippen molar-refractivity contribution in [1.29, 1.82) is 0 Å². The van der Waals surface area contributed by atoms with Crippen molar-refractivity contribution >= 4 is 33.8 Å². The Kier molecular flexibility index (Phi) is 8.95. The van der Waals surface area contributed by atoms with Crippen LogP contribution in [-0.2, 0) is 14.8 Å². The predicted octanol–water partition coefficient (Wildman–Crippen LogP) is 3.95. The molecule has 0 aromatic heterocycles.